The van der Waals surface area contributed by atoms with Crippen LogP contribution in [0.3, 0.4) is 0 Å². The normalized spacial score (nSPS) is 27.3. The molecule has 2 unspecified atom stereocenters. The van der Waals surface area contributed by atoms with Gasteiger partial charge >= 0.3 is 0 Å². The summed E-state index contributed by atoms with van der Waals surface area (Å²) in [6.07, 6.45) is 3.79. The maximum Gasteiger partial charge on any atom is 0.240 e. The number of ketones is 1. The van der Waals surface area contributed by atoms with Gasteiger partial charge in [-0.2, -0.15) is 0 Å². The molecular formula is C24H25N3O2. The quantitative estimate of drug-likeness (QED) is 0.742. The second kappa shape index (κ2) is 5.86. The topological polar surface area (TPSA) is 53.5 Å². The van der Waals surface area contributed by atoms with E-state index in [0.29, 0.717) is 18.8 Å². The number of allylic oxidation sites excluding steroid dienone is 1. The van der Waals surface area contributed by atoms with Crippen molar-refractivity contribution in [3.63, 3.8) is 0 Å². The highest BCUT2D eigenvalue weighted by molar-refractivity contribution is 6.16. The Balaban J connectivity index is 1.74. The molecule has 2 atom stereocenters. The maximum absolute atomic E-state index is 14.1. The van der Waals surface area contributed by atoms with E-state index >= 15 is 0 Å². The summed E-state index contributed by atoms with van der Waals surface area (Å²) in [7, 11) is 1.99. The average molecular weight is 387 g/mol. The molecular weight excluding hydrogens is 362 g/mol. The lowest BCUT2D eigenvalue weighted by Crippen LogP contribution is -2.54. The van der Waals surface area contributed by atoms with Crippen molar-refractivity contribution >= 4 is 23.0 Å². The number of amides is 1. The summed E-state index contributed by atoms with van der Waals surface area (Å²) in [5, 5.41) is 0. The number of carbonyl (C=O) groups is 2. The van der Waals surface area contributed by atoms with Gasteiger partial charge in [-0.3, -0.25) is 14.6 Å². The molecule has 0 saturated carbocycles. The van der Waals surface area contributed by atoms with Crippen molar-refractivity contribution < 1.29 is 9.59 Å². The van der Waals surface area contributed by atoms with Gasteiger partial charge in [0.1, 0.15) is 11.1 Å². The third kappa shape index (κ3) is 2.28. The minimum absolute atomic E-state index is 0.0346. The second-order valence-corrected chi connectivity index (χ2v) is 9.12. The molecule has 5 nitrogen and oxygen atoms in total. The highest BCUT2D eigenvalue weighted by atomic mass is 16.2. The fourth-order valence-electron chi connectivity index (χ4n) is 5.65. The molecule has 0 N–H and O–H groups in total. The van der Waals surface area contributed by atoms with Crippen LogP contribution in [0.1, 0.15) is 42.4 Å². The monoisotopic (exact) mass is 387 g/mol. The van der Waals surface area contributed by atoms with Gasteiger partial charge in [-0.05, 0) is 51.1 Å². The van der Waals surface area contributed by atoms with E-state index in [9.17, 15) is 9.59 Å². The number of benzene rings is 1. The minimum atomic E-state index is -0.871. The number of rotatable bonds is 2. The van der Waals surface area contributed by atoms with Gasteiger partial charge in [-0.1, -0.05) is 30.3 Å². The first-order valence-corrected chi connectivity index (χ1v) is 10.1. The molecule has 148 valence electrons. The van der Waals surface area contributed by atoms with Crippen LogP contribution in [0.2, 0.25) is 0 Å². The predicted molar refractivity (Wildman–Crippen MR) is 113 cm³/mol. The number of nitrogens with zero attached hydrogens (tertiary/aromatic N) is 3. The van der Waals surface area contributed by atoms with Crippen LogP contribution in [-0.2, 0) is 10.2 Å². The summed E-state index contributed by atoms with van der Waals surface area (Å²) in [5.41, 5.74) is 3.35. The number of likely N-dealkylation sites (tertiary alicyclic amines) is 1. The van der Waals surface area contributed by atoms with E-state index in [-0.39, 0.29) is 11.7 Å². The number of likely N-dealkylation sites (N-methyl/N-ethyl adjacent to an activating group) is 1. The molecule has 0 radical (unpaired) electrons. The van der Waals surface area contributed by atoms with Crippen molar-refractivity contribution in [1.82, 2.24) is 9.88 Å². The number of fused-ring (bicyclic) bond motifs is 1. The van der Waals surface area contributed by atoms with Crippen LogP contribution in [0.25, 0.3) is 5.57 Å². The first-order chi connectivity index (χ1) is 13.8. The van der Waals surface area contributed by atoms with Crippen LogP contribution >= 0.6 is 0 Å². The van der Waals surface area contributed by atoms with Crippen molar-refractivity contribution in [1.29, 1.82) is 0 Å². The van der Waals surface area contributed by atoms with Gasteiger partial charge in [0.2, 0.25) is 5.91 Å². The Morgan fingerprint density at radius 1 is 1.17 bits per heavy atom. The molecule has 1 amide bonds. The van der Waals surface area contributed by atoms with Gasteiger partial charge in [0.25, 0.3) is 0 Å². The average Bonchev–Trinajstić information content (AvgIpc) is 3.17. The number of para-hydroxylation sites is 1. The van der Waals surface area contributed by atoms with Crippen molar-refractivity contribution in [3.05, 3.63) is 65.5 Å². The van der Waals surface area contributed by atoms with E-state index < -0.39 is 16.9 Å². The van der Waals surface area contributed by atoms with E-state index in [1.54, 1.807) is 18.3 Å². The van der Waals surface area contributed by atoms with Gasteiger partial charge in [0, 0.05) is 24.8 Å². The summed E-state index contributed by atoms with van der Waals surface area (Å²) < 4.78 is 0. The summed E-state index contributed by atoms with van der Waals surface area (Å²) in [4.78, 5) is 36.0. The van der Waals surface area contributed by atoms with Crippen molar-refractivity contribution in [2.75, 3.05) is 25.0 Å². The third-order valence-corrected chi connectivity index (χ3v) is 6.74. The Morgan fingerprint density at radius 2 is 1.97 bits per heavy atom. The van der Waals surface area contributed by atoms with E-state index in [1.807, 2.05) is 30.1 Å². The molecule has 0 bridgehead atoms. The standard InChI is InChI=1S/C24H25N3O2/c1-15-12-23(2,3)27-20-16(15)8-7-9-17(20)24(22(27)29)14-26(4)13-18(24)21(28)19-10-5-6-11-25-19/h5-12,18H,13-14H2,1-4H3. The Kier molecular flexibility index (Phi) is 3.69. The highest BCUT2D eigenvalue weighted by Gasteiger charge is 2.64. The molecule has 1 fully saturated rings. The van der Waals surface area contributed by atoms with Crippen LogP contribution in [0.15, 0.2) is 48.7 Å². The lowest BCUT2D eigenvalue weighted by Gasteiger charge is -2.39. The fraction of sp³-hybridized carbons (Fsp3) is 0.375. The number of carbonyl (C=O) groups excluding carboxylic acids is 2. The van der Waals surface area contributed by atoms with E-state index in [0.717, 1.165) is 16.8 Å². The molecule has 29 heavy (non-hydrogen) atoms. The molecule has 3 aliphatic rings. The lowest BCUT2D eigenvalue weighted by molar-refractivity contribution is -0.124. The number of pyridine rings is 1. The van der Waals surface area contributed by atoms with E-state index in [2.05, 4.69) is 42.8 Å². The molecule has 2 aromatic rings. The first-order valence-electron chi connectivity index (χ1n) is 10.1. The summed E-state index contributed by atoms with van der Waals surface area (Å²) in [6, 6.07) is 11.5. The number of aromatic nitrogens is 1. The smallest absolute Gasteiger partial charge is 0.240 e. The first kappa shape index (κ1) is 18.3. The zero-order valence-corrected chi connectivity index (χ0v) is 17.3. The van der Waals surface area contributed by atoms with Crippen LogP contribution in [0, 0.1) is 5.92 Å². The second-order valence-electron chi connectivity index (χ2n) is 9.12. The molecule has 5 rings (SSSR count). The summed E-state index contributed by atoms with van der Waals surface area (Å²) in [5.74, 6) is -0.473. The fourth-order valence-corrected chi connectivity index (χ4v) is 5.65. The number of hydrogen-bond donors (Lipinski definition) is 0. The summed E-state index contributed by atoms with van der Waals surface area (Å²) in [6.45, 7) is 7.33. The van der Waals surface area contributed by atoms with Crippen LogP contribution in [-0.4, -0.2) is 47.3 Å². The molecule has 1 aromatic heterocycles. The number of Topliss-reactive ketones (excluding diaryl/α,β-unsaturated/α-hetero) is 1. The molecule has 1 saturated heterocycles. The SMILES string of the molecule is CC1=CC(C)(C)N2C(=O)C3(CN(C)CC3C(=O)c3ccccn3)c3cccc1c32. The van der Waals surface area contributed by atoms with Gasteiger partial charge in [-0.15, -0.1) is 0 Å². The van der Waals surface area contributed by atoms with Gasteiger partial charge < -0.3 is 9.80 Å². The zero-order valence-electron chi connectivity index (χ0n) is 17.3. The predicted octanol–water partition coefficient (Wildman–Crippen LogP) is 3.31. The van der Waals surface area contributed by atoms with Crippen LogP contribution < -0.4 is 4.90 Å². The van der Waals surface area contributed by atoms with E-state index in [1.165, 1.54) is 5.57 Å². The van der Waals surface area contributed by atoms with Crippen molar-refractivity contribution in [2.45, 2.75) is 31.7 Å². The van der Waals surface area contributed by atoms with Crippen molar-refractivity contribution in [3.8, 4) is 0 Å². The largest absolute Gasteiger partial charge is 0.304 e. The molecule has 3 aliphatic heterocycles. The minimum Gasteiger partial charge on any atom is -0.304 e. The van der Waals surface area contributed by atoms with Crippen LogP contribution in [0.4, 0.5) is 5.69 Å². The number of hydrogen-bond acceptors (Lipinski definition) is 4. The Bertz CT molecular complexity index is 1070. The van der Waals surface area contributed by atoms with Crippen LogP contribution in [0.5, 0.6) is 0 Å². The van der Waals surface area contributed by atoms with Gasteiger partial charge in [-0.25, -0.2) is 0 Å². The summed E-state index contributed by atoms with van der Waals surface area (Å²) >= 11 is 0. The lowest BCUT2D eigenvalue weighted by atomic mass is 9.70. The molecule has 1 aromatic carbocycles. The van der Waals surface area contributed by atoms with E-state index in [4.69, 9.17) is 0 Å². The molecule has 4 heterocycles. The van der Waals surface area contributed by atoms with Gasteiger partial charge in [0.05, 0.1) is 17.1 Å². The van der Waals surface area contributed by atoms with Crippen molar-refractivity contribution in [2.24, 2.45) is 5.92 Å². The Labute approximate surface area is 171 Å². The molecule has 5 heteroatoms. The maximum atomic E-state index is 14.1. The Morgan fingerprint density at radius 3 is 2.69 bits per heavy atom. The van der Waals surface area contributed by atoms with Gasteiger partial charge in [0.15, 0.2) is 5.78 Å². The highest BCUT2D eigenvalue weighted by Crippen LogP contribution is 2.56. The third-order valence-electron chi connectivity index (χ3n) is 6.74. The molecule has 1 spiro atoms. The number of anilines is 1. The zero-order chi connectivity index (χ0) is 20.6. The molecule has 0 aliphatic carbocycles. The Hall–Kier alpha value is -2.79.